The van der Waals surface area contributed by atoms with Crippen LogP contribution >= 0.6 is 12.2 Å². The molecule has 0 saturated carbocycles. The van der Waals surface area contributed by atoms with E-state index in [-0.39, 0.29) is 5.11 Å². The van der Waals surface area contributed by atoms with Gasteiger partial charge in [-0.3, -0.25) is 5.43 Å². The number of anilines is 1. The van der Waals surface area contributed by atoms with Crippen LogP contribution in [0.1, 0.15) is 24.0 Å². The fraction of sp³-hybridized carbons (Fsp3) is 0.385. The van der Waals surface area contributed by atoms with E-state index in [1.165, 1.54) is 23.2 Å². The zero-order valence-electron chi connectivity index (χ0n) is 10.1. The number of benzene rings is 1. The molecule has 2 heterocycles. The largest absolute Gasteiger partial charge is 0.375 e. The predicted molar refractivity (Wildman–Crippen MR) is 78.1 cm³/mol. The molecule has 0 amide bonds. The summed E-state index contributed by atoms with van der Waals surface area (Å²) in [5, 5.41) is 4.55. The maximum atomic E-state index is 5.43. The summed E-state index contributed by atoms with van der Waals surface area (Å²) in [6.45, 7) is 2.18. The van der Waals surface area contributed by atoms with Crippen molar-refractivity contribution in [2.45, 2.75) is 19.3 Å². The van der Waals surface area contributed by atoms with Crippen LogP contribution in [0.2, 0.25) is 0 Å². The van der Waals surface area contributed by atoms with E-state index in [0.717, 1.165) is 31.6 Å². The molecule has 3 N–H and O–H groups in total. The first-order chi connectivity index (χ1) is 8.75. The van der Waals surface area contributed by atoms with Crippen molar-refractivity contribution in [3.63, 3.8) is 0 Å². The lowest BCUT2D eigenvalue weighted by Gasteiger charge is -2.37. The second kappa shape index (κ2) is 4.57. The third-order valence-electron chi connectivity index (χ3n) is 3.54. The SMILES string of the molecule is NC(=S)NN=C1CCN2CCCc3cccc1c32. The quantitative estimate of drug-likeness (QED) is 0.592. The van der Waals surface area contributed by atoms with Gasteiger partial charge in [0.1, 0.15) is 0 Å². The average molecular weight is 260 g/mol. The number of nitrogens with zero attached hydrogens (tertiary/aromatic N) is 2. The van der Waals surface area contributed by atoms with Gasteiger partial charge in [0.15, 0.2) is 5.11 Å². The molecule has 94 valence electrons. The Kier molecular flexibility index (Phi) is 2.91. The number of aryl methyl sites for hydroxylation is 1. The minimum absolute atomic E-state index is 0.217. The third kappa shape index (κ3) is 1.95. The van der Waals surface area contributed by atoms with Gasteiger partial charge in [0.05, 0.1) is 5.71 Å². The molecule has 1 aromatic carbocycles. The maximum absolute atomic E-state index is 5.43. The van der Waals surface area contributed by atoms with Gasteiger partial charge in [-0.15, -0.1) is 0 Å². The van der Waals surface area contributed by atoms with Gasteiger partial charge in [0, 0.05) is 30.8 Å². The van der Waals surface area contributed by atoms with E-state index in [9.17, 15) is 0 Å². The molecular formula is C13H16N4S. The predicted octanol–water partition coefficient (Wildman–Crippen LogP) is 1.38. The summed E-state index contributed by atoms with van der Waals surface area (Å²) in [4.78, 5) is 2.47. The number of rotatable bonds is 1. The highest BCUT2D eigenvalue weighted by Gasteiger charge is 2.26. The van der Waals surface area contributed by atoms with Crippen LogP contribution in [0.25, 0.3) is 0 Å². The van der Waals surface area contributed by atoms with Crippen LogP contribution < -0.4 is 16.1 Å². The topological polar surface area (TPSA) is 53.6 Å². The molecule has 0 aliphatic carbocycles. The summed E-state index contributed by atoms with van der Waals surface area (Å²) in [7, 11) is 0. The molecule has 2 aliphatic heterocycles. The second-order valence-corrected chi connectivity index (χ2v) is 5.13. The van der Waals surface area contributed by atoms with Crippen molar-refractivity contribution in [2.75, 3.05) is 18.0 Å². The van der Waals surface area contributed by atoms with E-state index in [1.807, 2.05) is 0 Å². The van der Waals surface area contributed by atoms with Crippen molar-refractivity contribution in [2.24, 2.45) is 10.8 Å². The first-order valence-electron chi connectivity index (χ1n) is 6.25. The Morgan fingerprint density at radius 1 is 1.33 bits per heavy atom. The third-order valence-corrected chi connectivity index (χ3v) is 3.63. The molecule has 4 nitrogen and oxygen atoms in total. The van der Waals surface area contributed by atoms with Crippen LogP contribution in [-0.4, -0.2) is 23.9 Å². The first kappa shape index (κ1) is 11.5. The molecule has 0 radical (unpaired) electrons. The number of hydrogen-bond acceptors (Lipinski definition) is 3. The molecule has 0 saturated heterocycles. The van der Waals surface area contributed by atoms with Crippen LogP contribution in [0.3, 0.4) is 0 Å². The van der Waals surface area contributed by atoms with E-state index in [1.54, 1.807) is 0 Å². The number of nitrogens with one attached hydrogen (secondary N) is 1. The van der Waals surface area contributed by atoms with Crippen molar-refractivity contribution in [3.8, 4) is 0 Å². The van der Waals surface area contributed by atoms with Gasteiger partial charge >= 0.3 is 0 Å². The zero-order chi connectivity index (χ0) is 12.5. The van der Waals surface area contributed by atoms with Gasteiger partial charge in [-0.2, -0.15) is 5.10 Å². The Morgan fingerprint density at radius 3 is 3.06 bits per heavy atom. The van der Waals surface area contributed by atoms with Gasteiger partial charge in [-0.05, 0) is 30.6 Å². The van der Waals surface area contributed by atoms with Crippen molar-refractivity contribution in [1.29, 1.82) is 0 Å². The minimum atomic E-state index is 0.217. The lowest BCUT2D eigenvalue weighted by atomic mass is 9.91. The standard InChI is InChI=1S/C13H16N4S/c14-13(18)16-15-11-6-8-17-7-2-4-9-3-1-5-10(11)12(9)17/h1,3,5H,2,4,6-8H2,(H3,14,16,18). The van der Waals surface area contributed by atoms with E-state index in [2.05, 4.69) is 33.6 Å². The molecule has 0 bridgehead atoms. The molecule has 1 aromatic rings. The molecule has 0 fully saturated rings. The maximum Gasteiger partial charge on any atom is 0.184 e. The van der Waals surface area contributed by atoms with Crippen molar-refractivity contribution >= 4 is 28.7 Å². The smallest absolute Gasteiger partial charge is 0.184 e. The summed E-state index contributed by atoms with van der Waals surface area (Å²) in [6, 6.07) is 6.46. The van der Waals surface area contributed by atoms with Crippen molar-refractivity contribution < 1.29 is 0 Å². The van der Waals surface area contributed by atoms with Gasteiger partial charge < -0.3 is 10.6 Å². The van der Waals surface area contributed by atoms with E-state index in [0.29, 0.717) is 0 Å². The highest BCUT2D eigenvalue weighted by atomic mass is 32.1. The van der Waals surface area contributed by atoms with Crippen LogP contribution in [0.5, 0.6) is 0 Å². The van der Waals surface area contributed by atoms with Gasteiger partial charge in [-0.25, -0.2) is 0 Å². The molecule has 0 unspecified atom stereocenters. The molecule has 3 rings (SSSR count). The van der Waals surface area contributed by atoms with E-state index in [4.69, 9.17) is 18.0 Å². The number of nitrogens with two attached hydrogens (primary N) is 1. The molecule has 18 heavy (non-hydrogen) atoms. The van der Waals surface area contributed by atoms with Crippen LogP contribution in [0.4, 0.5) is 5.69 Å². The Morgan fingerprint density at radius 2 is 2.22 bits per heavy atom. The monoisotopic (exact) mass is 260 g/mol. The zero-order valence-corrected chi connectivity index (χ0v) is 11.0. The number of thiocarbonyl (C=S) groups is 1. The molecule has 0 spiro atoms. The fourth-order valence-corrected chi connectivity index (χ4v) is 2.86. The highest BCUT2D eigenvalue weighted by Crippen LogP contribution is 2.34. The molecule has 0 aromatic heterocycles. The summed E-state index contributed by atoms with van der Waals surface area (Å²) in [6.07, 6.45) is 3.34. The lowest BCUT2D eigenvalue weighted by molar-refractivity contribution is 0.687. The molecule has 2 aliphatic rings. The summed E-state index contributed by atoms with van der Waals surface area (Å²) < 4.78 is 0. The van der Waals surface area contributed by atoms with Gasteiger partial charge in [-0.1, -0.05) is 18.2 Å². The summed E-state index contributed by atoms with van der Waals surface area (Å²) in [5.41, 5.74) is 13.2. The minimum Gasteiger partial charge on any atom is -0.375 e. The van der Waals surface area contributed by atoms with Gasteiger partial charge in [0.2, 0.25) is 0 Å². The lowest BCUT2D eigenvalue weighted by Crippen LogP contribution is -2.37. The summed E-state index contributed by atoms with van der Waals surface area (Å²) >= 11 is 4.79. The number of para-hydroxylation sites is 1. The summed E-state index contributed by atoms with van der Waals surface area (Å²) in [5.74, 6) is 0. The Balaban J connectivity index is 2.03. The number of hydrazone groups is 1. The van der Waals surface area contributed by atoms with E-state index < -0.39 is 0 Å². The second-order valence-electron chi connectivity index (χ2n) is 4.69. The van der Waals surface area contributed by atoms with Crippen LogP contribution in [0, 0.1) is 0 Å². The van der Waals surface area contributed by atoms with Gasteiger partial charge in [0.25, 0.3) is 0 Å². The Bertz CT molecular complexity index is 524. The molecule has 5 heteroatoms. The number of hydrogen-bond donors (Lipinski definition) is 2. The van der Waals surface area contributed by atoms with Crippen LogP contribution in [0.15, 0.2) is 23.3 Å². The highest BCUT2D eigenvalue weighted by molar-refractivity contribution is 7.80. The van der Waals surface area contributed by atoms with Crippen LogP contribution in [-0.2, 0) is 6.42 Å². The average Bonchev–Trinajstić information content (AvgIpc) is 2.38. The normalized spacial score (nSPS) is 19.6. The fourth-order valence-electron chi connectivity index (χ4n) is 2.81. The first-order valence-corrected chi connectivity index (χ1v) is 6.66. The van der Waals surface area contributed by atoms with Crippen molar-refractivity contribution in [1.82, 2.24) is 5.43 Å². The molecule has 0 atom stereocenters. The Labute approximate surface area is 112 Å². The molecular weight excluding hydrogens is 244 g/mol. The Hall–Kier alpha value is -1.62. The van der Waals surface area contributed by atoms with Crippen molar-refractivity contribution in [3.05, 3.63) is 29.3 Å². The van der Waals surface area contributed by atoms with E-state index >= 15 is 0 Å².